The van der Waals surface area contributed by atoms with Crippen molar-refractivity contribution in [1.29, 1.82) is 5.26 Å². The van der Waals surface area contributed by atoms with Crippen LogP contribution in [0.1, 0.15) is 11.1 Å². The zero-order valence-corrected chi connectivity index (χ0v) is 12.7. The predicted molar refractivity (Wildman–Crippen MR) is 91.2 cm³/mol. The number of benzene rings is 2. The standard InChI is InChI=1S/C18H14N4O2/c1-2-13-5-3-7-15(9-13)21-17(23)12-20-18(24)22-16-8-4-6-14(10-16)11-19/h1,3-10H,12H2,(H,21,23)(H2,20,22,24). The van der Waals surface area contributed by atoms with Crippen LogP contribution < -0.4 is 16.0 Å². The third kappa shape index (κ3) is 4.90. The summed E-state index contributed by atoms with van der Waals surface area (Å²) in [7, 11) is 0. The van der Waals surface area contributed by atoms with Gasteiger partial charge in [-0.2, -0.15) is 5.26 Å². The van der Waals surface area contributed by atoms with Gasteiger partial charge in [0.05, 0.1) is 18.2 Å². The molecule has 2 aromatic rings. The fourth-order valence-electron chi connectivity index (χ4n) is 1.89. The van der Waals surface area contributed by atoms with Crippen molar-refractivity contribution < 1.29 is 9.59 Å². The van der Waals surface area contributed by atoms with Gasteiger partial charge < -0.3 is 16.0 Å². The molecule has 2 rings (SSSR count). The fourth-order valence-corrected chi connectivity index (χ4v) is 1.89. The number of hydrogen-bond acceptors (Lipinski definition) is 3. The second kappa shape index (κ2) is 8.02. The van der Waals surface area contributed by atoms with Gasteiger partial charge in [-0.3, -0.25) is 4.79 Å². The van der Waals surface area contributed by atoms with Crippen LogP contribution in [-0.2, 0) is 4.79 Å². The number of carbonyl (C=O) groups excluding carboxylic acids is 2. The molecule has 0 fully saturated rings. The molecule has 0 spiro atoms. The van der Waals surface area contributed by atoms with E-state index in [4.69, 9.17) is 11.7 Å². The molecule has 0 heterocycles. The SMILES string of the molecule is C#Cc1cccc(NC(=O)CNC(=O)Nc2cccc(C#N)c2)c1. The number of anilines is 2. The molecule has 118 valence electrons. The number of nitrogens with one attached hydrogen (secondary N) is 3. The predicted octanol–water partition coefficient (Wildman–Crippen LogP) is 2.30. The largest absolute Gasteiger partial charge is 0.329 e. The Morgan fingerprint density at radius 1 is 1.00 bits per heavy atom. The summed E-state index contributed by atoms with van der Waals surface area (Å²) in [5.41, 5.74) is 2.10. The highest BCUT2D eigenvalue weighted by atomic mass is 16.2. The summed E-state index contributed by atoms with van der Waals surface area (Å²) in [6, 6.07) is 14.7. The molecule has 3 N–H and O–H groups in total. The molecular formula is C18H14N4O2. The highest BCUT2D eigenvalue weighted by Crippen LogP contribution is 2.10. The van der Waals surface area contributed by atoms with Crippen molar-refractivity contribution in [3.8, 4) is 18.4 Å². The van der Waals surface area contributed by atoms with Crippen molar-refractivity contribution >= 4 is 23.3 Å². The number of nitriles is 1. The lowest BCUT2D eigenvalue weighted by atomic mass is 10.2. The van der Waals surface area contributed by atoms with Crippen molar-refractivity contribution in [2.45, 2.75) is 0 Å². The Bertz CT molecular complexity index is 775. The van der Waals surface area contributed by atoms with Gasteiger partial charge in [0.1, 0.15) is 0 Å². The quantitative estimate of drug-likeness (QED) is 0.755. The minimum absolute atomic E-state index is 0.204. The summed E-state index contributed by atoms with van der Waals surface area (Å²) in [4.78, 5) is 23.6. The van der Waals surface area contributed by atoms with E-state index in [-0.39, 0.29) is 12.5 Å². The number of nitrogens with zero attached hydrogens (tertiary/aromatic N) is 1. The average Bonchev–Trinajstić information content (AvgIpc) is 2.60. The second-order valence-electron chi connectivity index (χ2n) is 4.77. The van der Waals surface area contributed by atoms with E-state index in [2.05, 4.69) is 21.9 Å². The Kier molecular flexibility index (Phi) is 5.55. The lowest BCUT2D eigenvalue weighted by Gasteiger charge is -2.09. The monoisotopic (exact) mass is 318 g/mol. The van der Waals surface area contributed by atoms with Gasteiger partial charge in [-0.1, -0.05) is 18.1 Å². The van der Waals surface area contributed by atoms with Crippen LogP contribution in [0.5, 0.6) is 0 Å². The van der Waals surface area contributed by atoms with Crippen LogP contribution in [0.3, 0.4) is 0 Å². The summed E-state index contributed by atoms with van der Waals surface area (Å²) in [6.45, 7) is -0.204. The molecule has 0 aromatic heterocycles. The van der Waals surface area contributed by atoms with Crippen LogP contribution in [0, 0.1) is 23.7 Å². The van der Waals surface area contributed by atoms with E-state index in [9.17, 15) is 9.59 Å². The van der Waals surface area contributed by atoms with Gasteiger partial charge in [-0.15, -0.1) is 6.42 Å². The fraction of sp³-hybridized carbons (Fsp3) is 0.0556. The molecule has 6 heteroatoms. The molecule has 2 aromatic carbocycles. The van der Waals surface area contributed by atoms with Gasteiger partial charge >= 0.3 is 6.03 Å². The minimum Gasteiger partial charge on any atom is -0.329 e. The lowest BCUT2D eigenvalue weighted by molar-refractivity contribution is -0.115. The molecular weight excluding hydrogens is 304 g/mol. The van der Waals surface area contributed by atoms with E-state index in [1.165, 1.54) is 6.07 Å². The molecule has 0 unspecified atom stereocenters. The molecule has 0 atom stereocenters. The Morgan fingerprint density at radius 2 is 1.62 bits per heavy atom. The summed E-state index contributed by atoms with van der Waals surface area (Å²) in [5, 5.41) is 16.4. The normalized spacial score (nSPS) is 9.25. The molecule has 0 saturated carbocycles. The number of urea groups is 1. The number of rotatable bonds is 4. The van der Waals surface area contributed by atoms with Crippen molar-refractivity contribution in [1.82, 2.24) is 5.32 Å². The van der Waals surface area contributed by atoms with E-state index in [1.807, 2.05) is 6.07 Å². The first-order valence-corrected chi connectivity index (χ1v) is 7.02. The maximum atomic E-state index is 11.8. The van der Waals surface area contributed by atoms with Gasteiger partial charge in [0, 0.05) is 16.9 Å². The Morgan fingerprint density at radius 3 is 2.29 bits per heavy atom. The second-order valence-corrected chi connectivity index (χ2v) is 4.77. The Hall–Kier alpha value is -3.77. The minimum atomic E-state index is -0.544. The highest BCUT2D eigenvalue weighted by Gasteiger charge is 2.06. The van der Waals surface area contributed by atoms with Crippen LogP contribution in [0.15, 0.2) is 48.5 Å². The van der Waals surface area contributed by atoms with E-state index >= 15 is 0 Å². The summed E-state index contributed by atoms with van der Waals surface area (Å²) in [6.07, 6.45) is 5.29. The van der Waals surface area contributed by atoms with Crippen LogP contribution >= 0.6 is 0 Å². The van der Waals surface area contributed by atoms with Gasteiger partial charge in [0.2, 0.25) is 5.91 Å². The van der Waals surface area contributed by atoms with Gasteiger partial charge in [0.15, 0.2) is 0 Å². The van der Waals surface area contributed by atoms with Crippen molar-refractivity contribution in [2.75, 3.05) is 17.2 Å². The first kappa shape index (κ1) is 16.6. The first-order chi connectivity index (χ1) is 11.6. The molecule has 0 aliphatic carbocycles. The zero-order valence-electron chi connectivity index (χ0n) is 12.7. The summed E-state index contributed by atoms with van der Waals surface area (Å²) < 4.78 is 0. The van der Waals surface area contributed by atoms with E-state index < -0.39 is 6.03 Å². The van der Waals surface area contributed by atoms with Gasteiger partial charge in [0.25, 0.3) is 0 Å². The van der Waals surface area contributed by atoms with Gasteiger partial charge in [-0.05, 0) is 36.4 Å². The Balaban J connectivity index is 1.83. The topological polar surface area (TPSA) is 94.0 Å². The maximum Gasteiger partial charge on any atom is 0.319 e. The van der Waals surface area contributed by atoms with Crippen LogP contribution in [-0.4, -0.2) is 18.5 Å². The van der Waals surface area contributed by atoms with Gasteiger partial charge in [-0.25, -0.2) is 4.79 Å². The molecule has 3 amide bonds. The van der Waals surface area contributed by atoms with E-state index in [1.54, 1.807) is 42.5 Å². The number of carbonyl (C=O) groups is 2. The summed E-state index contributed by atoms with van der Waals surface area (Å²) >= 11 is 0. The van der Waals surface area contributed by atoms with Crippen LogP contribution in [0.25, 0.3) is 0 Å². The molecule has 24 heavy (non-hydrogen) atoms. The Labute approximate surface area is 139 Å². The highest BCUT2D eigenvalue weighted by molar-refractivity contribution is 5.97. The van der Waals surface area contributed by atoms with Crippen LogP contribution in [0.4, 0.5) is 16.2 Å². The molecule has 0 radical (unpaired) electrons. The zero-order chi connectivity index (χ0) is 17.4. The first-order valence-electron chi connectivity index (χ1n) is 7.02. The smallest absolute Gasteiger partial charge is 0.319 e. The molecule has 6 nitrogen and oxygen atoms in total. The van der Waals surface area contributed by atoms with E-state index in [0.29, 0.717) is 22.5 Å². The van der Waals surface area contributed by atoms with Crippen molar-refractivity contribution in [2.24, 2.45) is 0 Å². The summed E-state index contributed by atoms with van der Waals surface area (Å²) in [5.74, 6) is 2.09. The number of terminal acetylenes is 1. The third-order valence-electron chi connectivity index (χ3n) is 2.97. The number of amides is 3. The molecule has 0 saturated heterocycles. The molecule has 0 aliphatic rings. The third-order valence-corrected chi connectivity index (χ3v) is 2.97. The average molecular weight is 318 g/mol. The van der Waals surface area contributed by atoms with Crippen LogP contribution in [0.2, 0.25) is 0 Å². The van der Waals surface area contributed by atoms with E-state index in [0.717, 1.165) is 0 Å². The lowest BCUT2D eigenvalue weighted by Crippen LogP contribution is -2.35. The van der Waals surface area contributed by atoms with Crippen molar-refractivity contribution in [3.05, 3.63) is 59.7 Å². The maximum absolute atomic E-state index is 11.8. The molecule has 0 bridgehead atoms. The number of hydrogen-bond donors (Lipinski definition) is 3. The molecule has 0 aliphatic heterocycles. The van der Waals surface area contributed by atoms with Crippen molar-refractivity contribution in [3.63, 3.8) is 0 Å².